The predicted octanol–water partition coefficient (Wildman–Crippen LogP) is 1.15. The third-order valence-electron chi connectivity index (χ3n) is 1.91. The van der Waals surface area contributed by atoms with Gasteiger partial charge < -0.3 is 10.2 Å². The average molecular weight is 254 g/mol. The van der Waals surface area contributed by atoms with Gasteiger partial charge >= 0.3 is 0 Å². The summed E-state index contributed by atoms with van der Waals surface area (Å²) in [5.41, 5.74) is 0. The van der Waals surface area contributed by atoms with Crippen LogP contribution in [0.3, 0.4) is 0 Å². The Labute approximate surface area is 90.4 Å². The van der Waals surface area contributed by atoms with Gasteiger partial charge in [0.2, 0.25) is 0 Å². The van der Waals surface area contributed by atoms with Crippen LogP contribution in [-0.4, -0.2) is 43.9 Å². The van der Waals surface area contributed by atoms with Gasteiger partial charge in [0.25, 0.3) is 0 Å². The van der Waals surface area contributed by atoms with Crippen molar-refractivity contribution in [1.29, 1.82) is 0 Å². The highest BCUT2D eigenvalue weighted by Crippen LogP contribution is 2.34. The van der Waals surface area contributed by atoms with Crippen molar-refractivity contribution in [2.24, 2.45) is 0 Å². The lowest BCUT2D eigenvalue weighted by Crippen LogP contribution is -2.56. The Kier molecular flexibility index (Phi) is 3.79. The van der Waals surface area contributed by atoms with Crippen molar-refractivity contribution < 1.29 is 10.2 Å². The predicted molar refractivity (Wildman–Crippen MR) is 50.6 cm³/mol. The summed E-state index contributed by atoms with van der Waals surface area (Å²) < 4.78 is 0. The molecule has 0 aliphatic heterocycles. The molecule has 12 heavy (non-hydrogen) atoms. The molecule has 0 aromatic rings. The van der Waals surface area contributed by atoms with E-state index >= 15 is 0 Å². The molecule has 0 heterocycles. The maximum absolute atomic E-state index is 9.36. The van der Waals surface area contributed by atoms with Gasteiger partial charge in [-0.05, 0) is 0 Å². The summed E-state index contributed by atoms with van der Waals surface area (Å²) in [5.74, 6) is 0. The molecular weight excluding hydrogens is 246 g/mol. The van der Waals surface area contributed by atoms with Crippen LogP contribution < -0.4 is 0 Å². The number of rotatable bonds is 0. The molecule has 0 saturated heterocycles. The molecule has 72 valence electrons. The number of aliphatic hydroxyl groups is 2. The minimum Gasteiger partial charge on any atom is -0.390 e. The fourth-order valence-electron chi connectivity index (χ4n) is 1.10. The third kappa shape index (κ3) is 1.79. The van der Waals surface area contributed by atoms with Crippen molar-refractivity contribution in [1.82, 2.24) is 0 Å². The average Bonchev–Trinajstić information content (AvgIpc) is 2.08. The summed E-state index contributed by atoms with van der Waals surface area (Å²) in [6, 6.07) is 0. The maximum atomic E-state index is 9.36. The molecule has 0 radical (unpaired) electrons. The number of hydrogen-bond donors (Lipinski definition) is 2. The molecule has 1 saturated carbocycles. The normalized spacial score (nSPS) is 55.5. The van der Waals surface area contributed by atoms with Crippen LogP contribution in [-0.2, 0) is 0 Å². The summed E-state index contributed by atoms with van der Waals surface area (Å²) in [6.45, 7) is 0. The van der Waals surface area contributed by atoms with Gasteiger partial charge in [0, 0.05) is 0 Å². The first-order valence-corrected chi connectivity index (χ1v) is 5.14. The fourth-order valence-corrected chi connectivity index (χ4v) is 2.48. The monoisotopic (exact) mass is 252 g/mol. The Balaban J connectivity index is 2.76. The second-order valence-corrected chi connectivity index (χ2v) is 4.77. The lowest BCUT2D eigenvalue weighted by atomic mass is 9.93. The first kappa shape index (κ1) is 11.2. The molecule has 0 aromatic carbocycles. The van der Waals surface area contributed by atoms with Gasteiger partial charge in [0.15, 0.2) is 0 Å². The summed E-state index contributed by atoms with van der Waals surface area (Å²) in [4.78, 5) is 0. The van der Waals surface area contributed by atoms with E-state index in [2.05, 4.69) is 0 Å². The zero-order valence-corrected chi connectivity index (χ0v) is 8.89. The molecule has 1 aliphatic rings. The van der Waals surface area contributed by atoms with Crippen molar-refractivity contribution in [2.45, 2.75) is 33.7 Å². The molecule has 0 bridgehead atoms. The van der Waals surface area contributed by atoms with Crippen LogP contribution >= 0.6 is 46.4 Å². The Morgan fingerprint density at radius 3 is 0.917 bits per heavy atom. The van der Waals surface area contributed by atoms with Gasteiger partial charge in [-0.25, -0.2) is 0 Å². The molecule has 0 aromatic heterocycles. The van der Waals surface area contributed by atoms with E-state index in [0.717, 1.165) is 0 Å². The van der Waals surface area contributed by atoms with Gasteiger partial charge in [-0.3, -0.25) is 0 Å². The maximum Gasteiger partial charge on any atom is 0.0897 e. The van der Waals surface area contributed by atoms with Gasteiger partial charge in [-0.15, -0.1) is 46.4 Å². The summed E-state index contributed by atoms with van der Waals surface area (Å²) >= 11 is 22.8. The molecule has 0 spiro atoms. The van der Waals surface area contributed by atoms with Gasteiger partial charge in [-0.1, -0.05) is 0 Å². The van der Waals surface area contributed by atoms with Crippen LogP contribution in [0.25, 0.3) is 0 Å². The van der Waals surface area contributed by atoms with Crippen LogP contribution in [0.4, 0.5) is 0 Å². The molecule has 6 heteroatoms. The van der Waals surface area contributed by atoms with Crippen molar-refractivity contribution >= 4 is 46.4 Å². The van der Waals surface area contributed by atoms with Gasteiger partial charge in [-0.2, -0.15) is 0 Å². The van der Waals surface area contributed by atoms with E-state index in [1.54, 1.807) is 0 Å². The molecular formula is C6H8Cl4O2. The summed E-state index contributed by atoms with van der Waals surface area (Å²) in [5, 5.41) is 15.7. The van der Waals surface area contributed by atoms with E-state index in [-0.39, 0.29) is 0 Å². The smallest absolute Gasteiger partial charge is 0.0897 e. The minimum atomic E-state index is -0.985. The molecule has 1 rings (SSSR count). The van der Waals surface area contributed by atoms with Crippen LogP contribution in [0, 0.1) is 0 Å². The highest BCUT2D eigenvalue weighted by atomic mass is 35.5. The summed E-state index contributed by atoms with van der Waals surface area (Å²) in [6.07, 6.45) is -1.97. The van der Waals surface area contributed by atoms with Crippen LogP contribution in [0.2, 0.25) is 0 Å². The van der Waals surface area contributed by atoms with E-state index in [4.69, 9.17) is 46.4 Å². The van der Waals surface area contributed by atoms with Crippen molar-refractivity contribution in [3.8, 4) is 0 Å². The first-order valence-electron chi connectivity index (χ1n) is 3.39. The largest absolute Gasteiger partial charge is 0.390 e. The van der Waals surface area contributed by atoms with Crippen LogP contribution in [0.1, 0.15) is 0 Å². The van der Waals surface area contributed by atoms with Gasteiger partial charge in [0.05, 0.1) is 33.7 Å². The standard InChI is InChI=1S/C6H8Cl4O2/c7-1-2(8)6(12)4(10)3(9)5(1)11/h1-6,11-12H. The lowest BCUT2D eigenvalue weighted by molar-refractivity contribution is 0.0682. The number of aliphatic hydroxyl groups excluding tert-OH is 2. The molecule has 2 N–H and O–H groups in total. The molecule has 4 unspecified atom stereocenters. The number of alkyl halides is 4. The van der Waals surface area contributed by atoms with Crippen molar-refractivity contribution in [3.05, 3.63) is 0 Å². The highest BCUT2D eigenvalue weighted by molar-refractivity contribution is 6.35. The minimum absolute atomic E-state index is 0.765. The lowest BCUT2D eigenvalue weighted by Gasteiger charge is -2.38. The van der Waals surface area contributed by atoms with Crippen LogP contribution in [0.15, 0.2) is 0 Å². The number of hydrogen-bond acceptors (Lipinski definition) is 2. The zero-order valence-electron chi connectivity index (χ0n) is 5.87. The Morgan fingerprint density at radius 1 is 0.583 bits per heavy atom. The van der Waals surface area contributed by atoms with Gasteiger partial charge in [0.1, 0.15) is 0 Å². The Bertz CT molecular complexity index is 109. The second-order valence-electron chi connectivity index (χ2n) is 2.76. The Morgan fingerprint density at radius 2 is 0.750 bits per heavy atom. The van der Waals surface area contributed by atoms with Crippen molar-refractivity contribution in [3.63, 3.8) is 0 Å². The molecule has 2 nitrogen and oxygen atoms in total. The summed E-state index contributed by atoms with van der Waals surface area (Å²) in [7, 11) is 0. The highest BCUT2D eigenvalue weighted by Gasteiger charge is 2.47. The molecule has 0 amide bonds. The fraction of sp³-hybridized carbons (Fsp3) is 1.00. The topological polar surface area (TPSA) is 40.5 Å². The third-order valence-corrected chi connectivity index (χ3v) is 4.29. The second kappa shape index (κ2) is 4.07. The van der Waals surface area contributed by atoms with E-state index in [1.807, 2.05) is 0 Å². The molecule has 4 atom stereocenters. The van der Waals surface area contributed by atoms with Crippen LogP contribution in [0.5, 0.6) is 0 Å². The van der Waals surface area contributed by atoms with E-state index in [0.29, 0.717) is 0 Å². The number of halogens is 4. The first-order chi connectivity index (χ1) is 5.46. The molecule has 1 aliphatic carbocycles. The van der Waals surface area contributed by atoms with E-state index in [1.165, 1.54) is 0 Å². The van der Waals surface area contributed by atoms with Crippen molar-refractivity contribution in [2.75, 3.05) is 0 Å². The molecule has 1 fully saturated rings. The van der Waals surface area contributed by atoms with E-state index in [9.17, 15) is 10.2 Å². The van der Waals surface area contributed by atoms with E-state index < -0.39 is 33.7 Å². The zero-order chi connectivity index (χ0) is 9.46. The quantitative estimate of drug-likeness (QED) is 0.636. The Hall–Kier alpha value is 1.08. The SMILES string of the molecule is OC1C(Cl)C(Cl)C(O)C(Cl)C1Cl.